The highest BCUT2D eigenvalue weighted by Gasteiger charge is 2.13. The van der Waals surface area contributed by atoms with Gasteiger partial charge in [0, 0.05) is 12.6 Å². The van der Waals surface area contributed by atoms with E-state index in [1.807, 2.05) is 42.5 Å². The molecule has 2 aromatic carbocycles. The summed E-state index contributed by atoms with van der Waals surface area (Å²) in [6.07, 6.45) is 1.90. The molecule has 0 fully saturated rings. The van der Waals surface area contributed by atoms with Crippen LogP contribution in [-0.2, 0) is 6.42 Å². The fraction of sp³-hybridized carbons (Fsp3) is 0.0588. The summed E-state index contributed by atoms with van der Waals surface area (Å²) in [5.74, 6) is -0.0561. The molecule has 1 aromatic heterocycles. The lowest BCUT2D eigenvalue weighted by atomic mass is 9.99. The molecule has 20 heavy (non-hydrogen) atoms. The first-order chi connectivity index (χ1) is 9.75. The maximum atomic E-state index is 12.3. The van der Waals surface area contributed by atoms with Crippen LogP contribution in [0.4, 0.5) is 5.69 Å². The van der Waals surface area contributed by atoms with Gasteiger partial charge in [0.1, 0.15) is 5.69 Å². The van der Waals surface area contributed by atoms with Crippen LogP contribution in [0, 0.1) is 0 Å². The molecular formula is C17H14N2O. The number of carbonyl (C=O) groups is 1. The van der Waals surface area contributed by atoms with Crippen LogP contribution >= 0.6 is 0 Å². The second-order valence-corrected chi connectivity index (χ2v) is 4.68. The van der Waals surface area contributed by atoms with Gasteiger partial charge in [0.2, 0.25) is 0 Å². The van der Waals surface area contributed by atoms with E-state index in [9.17, 15) is 4.79 Å². The molecule has 98 valence electrons. The standard InChI is InChI=1S/C17H14N2O/c18-15-9-4-10-19-17(15)16(20)11-13-7-3-6-12-5-1-2-8-14(12)13/h1-10H,11,18H2. The molecule has 0 aliphatic heterocycles. The van der Waals surface area contributed by atoms with Crippen molar-refractivity contribution in [3.63, 3.8) is 0 Å². The van der Waals surface area contributed by atoms with Crippen molar-refractivity contribution in [1.29, 1.82) is 0 Å². The van der Waals surface area contributed by atoms with Gasteiger partial charge >= 0.3 is 0 Å². The zero-order valence-electron chi connectivity index (χ0n) is 10.9. The Balaban J connectivity index is 1.98. The minimum Gasteiger partial charge on any atom is -0.397 e. The van der Waals surface area contributed by atoms with E-state index in [2.05, 4.69) is 4.98 Å². The minimum atomic E-state index is -0.0561. The number of fused-ring (bicyclic) bond motifs is 1. The first kappa shape index (κ1) is 12.4. The summed E-state index contributed by atoms with van der Waals surface area (Å²) in [6, 6.07) is 17.4. The largest absolute Gasteiger partial charge is 0.397 e. The Morgan fingerprint density at radius 3 is 2.65 bits per heavy atom. The average Bonchev–Trinajstić information content (AvgIpc) is 2.48. The lowest BCUT2D eigenvalue weighted by Gasteiger charge is -2.07. The Morgan fingerprint density at radius 1 is 1.00 bits per heavy atom. The molecular weight excluding hydrogens is 248 g/mol. The molecule has 2 N–H and O–H groups in total. The van der Waals surface area contributed by atoms with Crippen LogP contribution in [0.1, 0.15) is 16.1 Å². The lowest BCUT2D eigenvalue weighted by molar-refractivity contribution is 0.0989. The van der Waals surface area contributed by atoms with Crippen molar-refractivity contribution in [2.24, 2.45) is 0 Å². The molecule has 0 bridgehead atoms. The summed E-state index contributed by atoms with van der Waals surface area (Å²) < 4.78 is 0. The fourth-order valence-electron chi connectivity index (χ4n) is 2.35. The average molecular weight is 262 g/mol. The molecule has 0 spiro atoms. The van der Waals surface area contributed by atoms with E-state index < -0.39 is 0 Å². The van der Waals surface area contributed by atoms with Crippen molar-refractivity contribution in [3.05, 3.63) is 72.1 Å². The van der Waals surface area contributed by atoms with Gasteiger partial charge in [-0.25, -0.2) is 0 Å². The van der Waals surface area contributed by atoms with E-state index >= 15 is 0 Å². The summed E-state index contributed by atoms with van der Waals surface area (Å²) in [5.41, 5.74) is 7.58. The Bertz CT molecular complexity index is 775. The van der Waals surface area contributed by atoms with Crippen LogP contribution in [0.2, 0.25) is 0 Å². The van der Waals surface area contributed by atoms with Crippen LogP contribution in [0.5, 0.6) is 0 Å². The second-order valence-electron chi connectivity index (χ2n) is 4.68. The normalized spacial score (nSPS) is 10.6. The highest BCUT2D eigenvalue weighted by atomic mass is 16.1. The molecule has 0 aliphatic carbocycles. The van der Waals surface area contributed by atoms with Gasteiger partial charge < -0.3 is 5.73 Å². The number of carbonyl (C=O) groups excluding carboxylic acids is 1. The van der Waals surface area contributed by atoms with Gasteiger partial charge in [-0.1, -0.05) is 42.5 Å². The maximum Gasteiger partial charge on any atom is 0.187 e. The Kier molecular flexibility index (Phi) is 3.17. The third-order valence-electron chi connectivity index (χ3n) is 3.33. The van der Waals surface area contributed by atoms with Crippen molar-refractivity contribution in [1.82, 2.24) is 4.98 Å². The number of anilines is 1. The maximum absolute atomic E-state index is 12.3. The Labute approximate surface area is 117 Å². The highest BCUT2D eigenvalue weighted by Crippen LogP contribution is 2.20. The van der Waals surface area contributed by atoms with Crippen molar-refractivity contribution >= 4 is 22.2 Å². The van der Waals surface area contributed by atoms with E-state index in [4.69, 9.17) is 5.73 Å². The van der Waals surface area contributed by atoms with E-state index in [0.29, 0.717) is 17.8 Å². The summed E-state index contributed by atoms with van der Waals surface area (Å²) in [6.45, 7) is 0. The van der Waals surface area contributed by atoms with Gasteiger partial charge in [0.25, 0.3) is 0 Å². The molecule has 0 saturated carbocycles. The van der Waals surface area contributed by atoms with Gasteiger partial charge in [-0.3, -0.25) is 9.78 Å². The summed E-state index contributed by atoms with van der Waals surface area (Å²) >= 11 is 0. The van der Waals surface area contributed by atoms with Gasteiger partial charge in [-0.05, 0) is 28.5 Å². The molecule has 1 heterocycles. The number of nitrogens with two attached hydrogens (primary N) is 1. The lowest BCUT2D eigenvalue weighted by Crippen LogP contribution is -2.09. The van der Waals surface area contributed by atoms with Crippen molar-refractivity contribution in [2.45, 2.75) is 6.42 Å². The Hall–Kier alpha value is -2.68. The molecule has 0 aliphatic rings. The molecule has 0 amide bonds. The van der Waals surface area contributed by atoms with Crippen molar-refractivity contribution < 1.29 is 4.79 Å². The van der Waals surface area contributed by atoms with Crippen LogP contribution in [0.15, 0.2) is 60.8 Å². The zero-order valence-corrected chi connectivity index (χ0v) is 10.9. The first-order valence-electron chi connectivity index (χ1n) is 6.46. The molecule has 0 unspecified atom stereocenters. The number of hydrogen-bond acceptors (Lipinski definition) is 3. The van der Waals surface area contributed by atoms with E-state index in [-0.39, 0.29) is 5.78 Å². The monoisotopic (exact) mass is 262 g/mol. The number of nitrogens with zero attached hydrogens (tertiary/aromatic N) is 1. The number of aromatic nitrogens is 1. The molecule has 0 saturated heterocycles. The predicted molar refractivity (Wildman–Crippen MR) is 80.6 cm³/mol. The smallest absolute Gasteiger partial charge is 0.187 e. The quantitative estimate of drug-likeness (QED) is 0.737. The number of ketones is 1. The molecule has 3 nitrogen and oxygen atoms in total. The minimum absolute atomic E-state index is 0.0561. The molecule has 0 radical (unpaired) electrons. The van der Waals surface area contributed by atoms with Crippen LogP contribution in [0.3, 0.4) is 0 Å². The topological polar surface area (TPSA) is 56.0 Å². The third-order valence-corrected chi connectivity index (χ3v) is 3.33. The fourth-order valence-corrected chi connectivity index (χ4v) is 2.35. The number of nitrogen functional groups attached to an aromatic ring is 1. The summed E-state index contributed by atoms with van der Waals surface area (Å²) in [4.78, 5) is 16.4. The van der Waals surface area contributed by atoms with Crippen LogP contribution in [0.25, 0.3) is 10.8 Å². The number of hydrogen-bond donors (Lipinski definition) is 1. The Morgan fingerprint density at radius 2 is 1.80 bits per heavy atom. The summed E-state index contributed by atoms with van der Waals surface area (Å²) in [5, 5.41) is 2.23. The van der Waals surface area contributed by atoms with E-state index in [0.717, 1.165) is 16.3 Å². The molecule has 3 heteroatoms. The summed E-state index contributed by atoms with van der Waals surface area (Å²) in [7, 11) is 0. The molecule has 3 aromatic rings. The van der Waals surface area contributed by atoms with Crippen LogP contribution < -0.4 is 5.73 Å². The van der Waals surface area contributed by atoms with Crippen LogP contribution in [-0.4, -0.2) is 10.8 Å². The van der Waals surface area contributed by atoms with Crippen molar-refractivity contribution in [2.75, 3.05) is 5.73 Å². The van der Waals surface area contributed by atoms with Gasteiger partial charge in [0.05, 0.1) is 5.69 Å². The van der Waals surface area contributed by atoms with Gasteiger partial charge in [0.15, 0.2) is 5.78 Å². The highest BCUT2D eigenvalue weighted by molar-refractivity contribution is 6.02. The van der Waals surface area contributed by atoms with Gasteiger partial charge in [-0.2, -0.15) is 0 Å². The zero-order chi connectivity index (χ0) is 13.9. The number of pyridine rings is 1. The SMILES string of the molecule is Nc1cccnc1C(=O)Cc1cccc2ccccc12. The predicted octanol–water partition coefficient (Wildman–Crippen LogP) is 3.24. The number of benzene rings is 2. The third kappa shape index (κ3) is 2.26. The van der Waals surface area contributed by atoms with E-state index in [1.165, 1.54) is 0 Å². The number of rotatable bonds is 3. The van der Waals surface area contributed by atoms with Gasteiger partial charge in [-0.15, -0.1) is 0 Å². The molecule has 0 atom stereocenters. The second kappa shape index (κ2) is 5.13. The molecule has 3 rings (SSSR count). The van der Waals surface area contributed by atoms with E-state index in [1.54, 1.807) is 18.3 Å². The van der Waals surface area contributed by atoms with Crippen molar-refractivity contribution in [3.8, 4) is 0 Å². The number of Topliss-reactive ketones (excluding diaryl/α,β-unsaturated/α-hetero) is 1. The first-order valence-corrected chi connectivity index (χ1v) is 6.46.